The summed E-state index contributed by atoms with van der Waals surface area (Å²) in [6.07, 6.45) is 0. The highest BCUT2D eigenvalue weighted by Gasteiger charge is 2.22. The van der Waals surface area contributed by atoms with E-state index >= 15 is 0 Å². The first-order valence-electron chi connectivity index (χ1n) is 5.25. The van der Waals surface area contributed by atoms with E-state index in [4.69, 9.17) is 10.00 Å². The summed E-state index contributed by atoms with van der Waals surface area (Å²) >= 11 is 0. The molecule has 0 aliphatic carbocycles. The van der Waals surface area contributed by atoms with Crippen LogP contribution in [0.4, 0.5) is 4.39 Å². The van der Waals surface area contributed by atoms with Gasteiger partial charge in [-0.05, 0) is 17.7 Å². The van der Waals surface area contributed by atoms with Gasteiger partial charge in [0.25, 0.3) is 0 Å². The first-order valence-corrected chi connectivity index (χ1v) is 5.25. The predicted octanol–water partition coefficient (Wildman–Crippen LogP) is 1.55. The standard InChI is InChI=1S/C12H13FN2O/c13-11-3-1-2-10(6-11)8-15-4-5-16-9-12(15)7-14/h1-3,6,12H,4-5,8-9H2/t12-/m1/s1. The molecule has 1 heterocycles. The Labute approximate surface area is 94.0 Å². The fraction of sp³-hybridized carbons (Fsp3) is 0.417. The fourth-order valence-corrected chi connectivity index (χ4v) is 1.82. The van der Waals surface area contributed by atoms with Crippen LogP contribution < -0.4 is 0 Å². The molecule has 1 fully saturated rings. The maximum absolute atomic E-state index is 13.0. The largest absolute Gasteiger partial charge is 0.377 e. The van der Waals surface area contributed by atoms with Crippen LogP contribution in [0.2, 0.25) is 0 Å². The predicted molar refractivity (Wildman–Crippen MR) is 57.0 cm³/mol. The van der Waals surface area contributed by atoms with E-state index in [0.717, 1.165) is 12.1 Å². The first-order chi connectivity index (χ1) is 7.79. The zero-order valence-corrected chi connectivity index (χ0v) is 8.90. The number of nitriles is 1. The van der Waals surface area contributed by atoms with Crippen LogP contribution in [0.1, 0.15) is 5.56 Å². The van der Waals surface area contributed by atoms with E-state index in [2.05, 4.69) is 6.07 Å². The molecule has 0 N–H and O–H groups in total. The van der Waals surface area contributed by atoms with Gasteiger partial charge >= 0.3 is 0 Å². The van der Waals surface area contributed by atoms with E-state index in [0.29, 0.717) is 19.8 Å². The summed E-state index contributed by atoms with van der Waals surface area (Å²) in [6, 6.07) is 8.45. The van der Waals surface area contributed by atoms with E-state index in [1.807, 2.05) is 11.0 Å². The Morgan fingerprint density at radius 2 is 2.44 bits per heavy atom. The molecule has 0 unspecified atom stereocenters. The molecule has 16 heavy (non-hydrogen) atoms. The zero-order valence-electron chi connectivity index (χ0n) is 8.90. The molecule has 0 aromatic heterocycles. The molecule has 0 radical (unpaired) electrons. The molecule has 1 aliphatic rings. The number of morpholine rings is 1. The van der Waals surface area contributed by atoms with Crippen molar-refractivity contribution in [2.45, 2.75) is 12.6 Å². The second-order valence-corrected chi connectivity index (χ2v) is 3.82. The third-order valence-electron chi connectivity index (χ3n) is 2.66. The summed E-state index contributed by atoms with van der Waals surface area (Å²) in [7, 11) is 0. The molecule has 1 aromatic carbocycles. The minimum Gasteiger partial charge on any atom is -0.377 e. The SMILES string of the molecule is N#C[C@@H]1COCCN1Cc1cccc(F)c1. The topological polar surface area (TPSA) is 36.3 Å². The van der Waals surface area contributed by atoms with Crippen LogP contribution in [0.3, 0.4) is 0 Å². The van der Waals surface area contributed by atoms with Crippen molar-refractivity contribution in [1.82, 2.24) is 4.90 Å². The summed E-state index contributed by atoms with van der Waals surface area (Å²) in [6.45, 7) is 2.38. The summed E-state index contributed by atoms with van der Waals surface area (Å²) in [5, 5.41) is 8.95. The number of nitrogens with zero attached hydrogens (tertiary/aromatic N) is 2. The molecule has 4 heteroatoms. The minimum absolute atomic E-state index is 0.225. The molecule has 3 nitrogen and oxygen atoms in total. The van der Waals surface area contributed by atoms with Crippen molar-refractivity contribution < 1.29 is 9.13 Å². The lowest BCUT2D eigenvalue weighted by Crippen LogP contribution is -2.43. The molecule has 1 aromatic rings. The van der Waals surface area contributed by atoms with E-state index in [1.54, 1.807) is 6.07 Å². The van der Waals surface area contributed by atoms with Gasteiger partial charge in [0.15, 0.2) is 0 Å². The van der Waals surface area contributed by atoms with Gasteiger partial charge < -0.3 is 4.74 Å². The van der Waals surface area contributed by atoms with Gasteiger partial charge in [-0.3, -0.25) is 4.90 Å². The third kappa shape index (κ3) is 2.57. The Morgan fingerprint density at radius 3 is 3.19 bits per heavy atom. The van der Waals surface area contributed by atoms with Crippen LogP contribution in [-0.4, -0.2) is 30.7 Å². The molecule has 0 bridgehead atoms. The van der Waals surface area contributed by atoms with Gasteiger partial charge in [-0.25, -0.2) is 4.39 Å². The lowest BCUT2D eigenvalue weighted by Gasteiger charge is -2.31. The Balaban J connectivity index is 2.05. The second kappa shape index (κ2) is 5.06. The van der Waals surface area contributed by atoms with E-state index in [1.165, 1.54) is 12.1 Å². The molecule has 0 saturated carbocycles. The monoisotopic (exact) mass is 220 g/mol. The van der Waals surface area contributed by atoms with Gasteiger partial charge in [-0.15, -0.1) is 0 Å². The van der Waals surface area contributed by atoms with Crippen molar-refractivity contribution in [3.63, 3.8) is 0 Å². The van der Waals surface area contributed by atoms with Gasteiger partial charge in [-0.1, -0.05) is 12.1 Å². The van der Waals surface area contributed by atoms with Crippen molar-refractivity contribution in [1.29, 1.82) is 5.26 Å². The van der Waals surface area contributed by atoms with Crippen LogP contribution >= 0.6 is 0 Å². The van der Waals surface area contributed by atoms with Crippen LogP contribution in [-0.2, 0) is 11.3 Å². The number of hydrogen-bond acceptors (Lipinski definition) is 3. The molecule has 0 spiro atoms. The average Bonchev–Trinajstić information content (AvgIpc) is 2.30. The molecule has 0 amide bonds. The highest BCUT2D eigenvalue weighted by atomic mass is 19.1. The number of ether oxygens (including phenoxy) is 1. The molecular weight excluding hydrogens is 207 g/mol. The van der Waals surface area contributed by atoms with E-state index < -0.39 is 0 Å². The summed E-state index contributed by atoms with van der Waals surface area (Å²) in [5.74, 6) is -0.237. The van der Waals surface area contributed by atoms with Gasteiger partial charge in [-0.2, -0.15) is 5.26 Å². The van der Waals surface area contributed by atoms with E-state index in [9.17, 15) is 4.39 Å². The highest BCUT2D eigenvalue weighted by Crippen LogP contribution is 2.12. The fourth-order valence-electron chi connectivity index (χ4n) is 1.82. The van der Waals surface area contributed by atoms with Crippen LogP contribution in [0, 0.1) is 17.1 Å². The number of benzene rings is 1. The highest BCUT2D eigenvalue weighted by molar-refractivity contribution is 5.16. The normalized spacial score (nSPS) is 21.6. The molecule has 1 saturated heterocycles. The smallest absolute Gasteiger partial charge is 0.123 e. The minimum atomic E-state index is -0.237. The Bertz CT molecular complexity index is 402. The van der Waals surface area contributed by atoms with Crippen molar-refractivity contribution >= 4 is 0 Å². The molecule has 2 rings (SSSR count). The lowest BCUT2D eigenvalue weighted by atomic mass is 10.1. The van der Waals surface area contributed by atoms with Gasteiger partial charge in [0.2, 0.25) is 0 Å². The Hall–Kier alpha value is -1.44. The molecular formula is C12H13FN2O. The van der Waals surface area contributed by atoms with Crippen LogP contribution in [0.15, 0.2) is 24.3 Å². The first kappa shape index (κ1) is 11.1. The van der Waals surface area contributed by atoms with Crippen LogP contribution in [0.25, 0.3) is 0 Å². The average molecular weight is 220 g/mol. The molecule has 84 valence electrons. The summed E-state index contributed by atoms with van der Waals surface area (Å²) in [5.41, 5.74) is 0.891. The number of halogens is 1. The lowest BCUT2D eigenvalue weighted by molar-refractivity contribution is 0.00886. The maximum Gasteiger partial charge on any atom is 0.123 e. The quantitative estimate of drug-likeness (QED) is 0.758. The van der Waals surface area contributed by atoms with E-state index in [-0.39, 0.29) is 11.9 Å². The summed E-state index contributed by atoms with van der Waals surface area (Å²) in [4.78, 5) is 2.01. The second-order valence-electron chi connectivity index (χ2n) is 3.82. The number of rotatable bonds is 2. The Kier molecular flexibility index (Phi) is 3.50. The maximum atomic E-state index is 13.0. The van der Waals surface area contributed by atoms with Gasteiger partial charge in [0.1, 0.15) is 11.9 Å². The van der Waals surface area contributed by atoms with Crippen molar-refractivity contribution in [2.75, 3.05) is 19.8 Å². The van der Waals surface area contributed by atoms with Crippen LogP contribution in [0.5, 0.6) is 0 Å². The number of hydrogen-bond donors (Lipinski definition) is 0. The molecule has 1 atom stereocenters. The summed E-state index contributed by atoms with van der Waals surface area (Å²) < 4.78 is 18.2. The zero-order chi connectivity index (χ0) is 11.4. The van der Waals surface area contributed by atoms with Crippen molar-refractivity contribution in [2.24, 2.45) is 0 Å². The Morgan fingerprint density at radius 1 is 1.56 bits per heavy atom. The van der Waals surface area contributed by atoms with Gasteiger partial charge in [0.05, 0.1) is 19.3 Å². The van der Waals surface area contributed by atoms with Crippen molar-refractivity contribution in [3.05, 3.63) is 35.6 Å². The van der Waals surface area contributed by atoms with Gasteiger partial charge in [0, 0.05) is 13.1 Å². The van der Waals surface area contributed by atoms with Crippen molar-refractivity contribution in [3.8, 4) is 6.07 Å². The third-order valence-corrected chi connectivity index (χ3v) is 2.66. The molecule has 1 aliphatic heterocycles.